The molecular formula is C12H22ClN3O2S. The molecule has 2 N–H and O–H groups in total. The minimum Gasteiger partial charge on any atom is -0.328 e. The van der Waals surface area contributed by atoms with Gasteiger partial charge in [0.1, 0.15) is 0 Å². The summed E-state index contributed by atoms with van der Waals surface area (Å²) in [6, 6.07) is -0.118. The second-order valence-electron chi connectivity index (χ2n) is 4.73. The lowest BCUT2D eigenvalue weighted by Crippen LogP contribution is -2.21. The van der Waals surface area contributed by atoms with E-state index >= 15 is 0 Å². The van der Waals surface area contributed by atoms with Gasteiger partial charge in [0.25, 0.3) is 0 Å². The zero-order chi connectivity index (χ0) is 14.6. The van der Waals surface area contributed by atoms with Crippen molar-refractivity contribution in [1.82, 2.24) is 9.78 Å². The highest BCUT2D eigenvalue weighted by molar-refractivity contribution is 7.90. The van der Waals surface area contributed by atoms with Crippen molar-refractivity contribution in [3.63, 3.8) is 0 Å². The molecule has 1 rings (SSSR count). The maximum absolute atomic E-state index is 12.1. The number of halogens is 1. The SMILES string of the molecule is CCc1nn(CC)c(CS(=O)(=O)CCC(C)N)c1Cl. The Hall–Kier alpha value is -0.590. The van der Waals surface area contributed by atoms with Gasteiger partial charge in [-0.2, -0.15) is 5.10 Å². The Bertz CT molecular complexity index is 523. The third kappa shape index (κ3) is 4.47. The Kier molecular flexibility index (Phi) is 5.82. The summed E-state index contributed by atoms with van der Waals surface area (Å²) in [6.07, 6.45) is 1.15. The van der Waals surface area contributed by atoms with Gasteiger partial charge in [-0.15, -0.1) is 0 Å². The normalized spacial score (nSPS) is 13.7. The van der Waals surface area contributed by atoms with Crippen LogP contribution >= 0.6 is 11.6 Å². The summed E-state index contributed by atoms with van der Waals surface area (Å²) in [7, 11) is -3.20. The molecule has 1 aromatic heterocycles. The van der Waals surface area contributed by atoms with Crippen molar-refractivity contribution in [2.24, 2.45) is 5.73 Å². The van der Waals surface area contributed by atoms with Crippen molar-refractivity contribution >= 4 is 21.4 Å². The first kappa shape index (κ1) is 16.5. The molecule has 1 atom stereocenters. The summed E-state index contributed by atoms with van der Waals surface area (Å²) < 4.78 is 25.8. The molecule has 0 fully saturated rings. The summed E-state index contributed by atoms with van der Waals surface area (Å²) in [5.41, 5.74) is 6.94. The molecule has 0 amide bonds. The minimum atomic E-state index is -3.20. The zero-order valence-corrected chi connectivity index (χ0v) is 13.3. The van der Waals surface area contributed by atoms with E-state index in [9.17, 15) is 8.42 Å². The van der Waals surface area contributed by atoms with Crippen LogP contribution in [0.2, 0.25) is 5.02 Å². The second kappa shape index (κ2) is 6.72. The molecular weight excluding hydrogens is 286 g/mol. The van der Waals surface area contributed by atoms with Gasteiger partial charge in [0.15, 0.2) is 9.84 Å². The average molecular weight is 308 g/mol. The maximum Gasteiger partial charge on any atom is 0.156 e. The van der Waals surface area contributed by atoms with Crippen molar-refractivity contribution in [3.8, 4) is 0 Å². The first-order valence-corrected chi connectivity index (χ1v) is 8.70. The Morgan fingerprint density at radius 2 is 2.05 bits per heavy atom. The fraction of sp³-hybridized carbons (Fsp3) is 0.750. The molecule has 1 unspecified atom stereocenters. The molecule has 0 radical (unpaired) electrons. The lowest BCUT2D eigenvalue weighted by Gasteiger charge is -2.08. The first-order valence-electron chi connectivity index (χ1n) is 6.50. The largest absolute Gasteiger partial charge is 0.328 e. The molecule has 1 aromatic rings. The van der Waals surface area contributed by atoms with E-state index in [0.29, 0.717) is 30.1 Å². The number of hydrogen-bond acceptors (Lipinski definition) is 4. The number of nitrogens with zero attached hydrogens (tertiary/aromatic N) is 2. The molecule has 0 aliphatic heterocycles. The Labute approximate surface area is 120 Å². The third-order valence-corrected chi connectivity index (χ3v) is 4.94. The number of aromatic nitrogens is 2. The molecule has 0 spiro atoms. The van der Waals surface area contributed by atoms with Crippen LogP contribution in [0.15, 0.2) is 0 Å². The van der Waals surface area contributed by atoms with E-state index in [2.05, 4.69) is 5.10 Å². The number of sulfone groups is 1. The lowest BCUT2D eigenvalue weighted by molar-refractivity contribution is 0.578. The van der Waals surface area contributed by atoms with Crippen molar-refractivity contribution in [3.05, 3.63) is 16.4 Å². The van der Waals surface area contributed by atoms with Crippen LogP contribution in [0.25, 0.3) is 0 Å². The highest BCUT2D eigenvalue weighted by atomic mass is 35.5. The molecule has 19 heavy (non-hydrogen) atoms. The molecule has 110 valence electrons. The van der Waals surface area contributed by atoms with Crippen molar-refractivity contribution in [2.45, 2.75) is 52.0 Å². The fourth-order valence-electron chi connectivity index (χ4n) is 1.80. The van der Waals surface area contributed by atoms with Crippen molar-refractivity contribution in [2.75, 3.05) is 5.75 Å². The van der Waals surface area contributed by atoms with E-state index in [4.69, 9.17) is 17.3 Å². The van der Waals surface area contributed by atoms with E-state index < -0.39 is 9.84 Å². The summed E-state index contributed by atoms with van der Waals surface area (Å²) in [5, 5.41) is 4.80. The van der Waals surface area contributed by atoms with Gasteiger partial charge in [0, 0.05) is 12.6 Å². The number of hydrogen-bond donors (Lipinski definition) is 1. The Morgan fingerprint density at radius 3 is 2.53 bits per heavy atom. The summed E-state index contributed by atoms with van der Waals surface area (Å²) in [6.45, 7) is 6.27. The molecule has 0 aromatic carbocycles. The van der Waals surface area contributed by atoms with Crippen LogP contribution in [-0.2, 0) is 28.6 Å². The second-order valence-corrected chi connectivity index (χ2v) is 7.30. The molecule has 0 saturated carbocycles. The summed E-state index contributed by atoms with van der Waals surface area (Å²) >= 11 is 6.20. The first-order chi connectivity index (χ1) is 8.80. The molecule has 0 bridgehead atoms. The van der Waals surface area contributed by atoms with Gasteiger partial charge in [0.2, 0.25) is 0 Å². The van der Waals surface area contributed by atoms with Crippen LogP contribution in [0.4, 0.5) is 0 Å². The molecule has 7 heteroatoms. The minimum absolute atomic E-state index is 0.0700. The van der Waals surface area contributed by atoms with Gasteiger partial charge in [-0.25, -0.2) is 8.42 Å². The van der Waals surface area contributed by atoms with E-state index in [1.807, 2.05) is 13.8 Å². The van der Waals surface area contributed by atoms with Gasteiger partial charge in [-0.05, 0) is 26.7 Å². The van der Waals surface area contributed by atoms with E-state index in [1.54, 1.807) is 11.6 Å². The predicted octanol–water partition coefficient (Wildman–Crippen LogP) is 1.77. The molecule has 1 heterocycles. The monoisotopic (exact) mass is 307 g/mol. The van der Waals surface area contributed by atoms with Crippen molar-refractivity contribution < 1.29 is 8.42 Å². The summed E-state index contributed by atoms with van der Waals surface area (Å²) in [5.74, 6) is 0.0107. The number of rotatable bonds is 7. The molecule has 0 aliphatic rings. The van der Waals surface area contributed by atoms with E-state index in [0.717, 1.165) is 5.69 Å². The molecule has 0 saturated heterocycles. The average Bonchev–Trinajstić information content (AvgIpc) is 2.63. The standard InChI is InChI=1S/C12H22ClN3O2S/c1-4-10-12(13)11(16(5-2)15-10)8-19(17,18)7-6-9(3)14/h9H,4-8,14H2,1-3H3. The van der Waals surface area contributed by atoms with E-state index in [1.165, 1.54) is 0 Å². The highest BCUT2D eigenvalue weighted by Gasteiger charge is 2.21. The van der Waals surface area contributed by atoms with Crippen LogP contribution in [0.5, 0.6) is 0 Å². The van der Waals surface area contributed by atoms with Crippen molar-refractivity contribution in [1.29, 1.82) is 0 Å². The maximum atomic E-state index is 12.1. The van der Waals surface area contributed by atoms with Crippen LogP contribution in [0, 0.1) is 0 Å². The Morgan fingerprint density at radius 1 is 1.42 bits per heavy atom. The highest BCUT2D eigenvalue weighted by Crippen LogP contribution is 2.24. The topological polar surface area (TPSA) is 78.0 Å². The number of nitrogens with two attached hydrogens (primary N) is 1. The van der Waals surface area contributed by atoms with Crippen LogP contribution in [0.1, 0.15) is 38.6 Å². The van der Waals surface area contributed by atoms with Gasteiger partial charge in [-0.1, -0.05) is 18.5 Å². The predicted molar refractivity (Wildman–Crippen MR) is 78.0 cm³/mol. The lowest BCUT2D eigenvalue weighted by atomic mass is 10.3. The van der Waals surface area contributed by atoms with Crippen LogP contribution < -0.4 is 5.73 Å². The smallest absolute Gasteiger partial charge is 0.156 e. The number of aryl methyl sites for hydroxylation is 2. The zero-order valence-electron chi connectivity index (χ0n) is 11.7. The van der Waals surface area contributed by atoms with Gasteiger partial charge in [-0.3, -0.25) is 4.68 Å². The van der Waals surface area contributed by atoms with Crippen LogP contribution in [0.3, 0.4) is 0 Å². The quantitative estimate of drug-likeness (QED) is 0.832. The van der Waals surface area contributed by atoms with Gasteiger partial charge < -0.3 is 5.73 Å². The van der Waals surface area contributed by atoms with Crippen LogP contribution in [-0.4, -0.2) is 30.0 Å². The fourth-order valence-corrected chi connectivity index (χ4v) is 3.80. The molecule has 5 nitrogen and oxygen atoms in total. The third-order valence-electron chi connectivity index (χ3n) is 2.93. The summed E-state index contributed by atoms with van der Waals surface area (Å²) in [4.78, 5) is 0. The Balaban J connectivity index is 2.95. The van der Waals surface area contributed by atoms with Gasteiger partial charge in [0.05, 0.1) is 27.9 Å². The van der Waals surface area contributed by atoms with E-state index in [-0.39, 0.29) is 17.5 Å². The van der Waals surface area contributed by atoms with Gasteiger partial charge >= 0.3 is 0 Å². The molecule has 0 aliphatic carbocycles.